The smallest absolute Gasteiger partial charge is 0.259 e. The minimum absolute atomic E-state index is 0.0388. The fourth-order valence-electron chi connectivity index (χ4n) is 1.74. The van der Waals surface area contributed by atoms with Gasteiger partial charge in [0.15, 0.2) is 5.82 Å². The molecule has 2 aromatic rings. The SMILES string of the molecule is CC(C)c1ccc(F)c(C(=O)Nc2cn(C)cn2)c1. The molecule has 0 aliphatic heterocycles. The van der Waals surface area contributed by atoms with Crippen LogP contribution in [0.5, 0.6) is 0 Å². The van der Waals surface area contributed by atoms with Crippen molar-refractivity contribution in [3.8, 4) is 0 Å². The van der Waals surface area contributed by atoms with Crippen LogP contribution in [0.2, 0.25) is 0 Å². The standard InChI is InChI=1S/C14H16FN3O/c1-9(2)10-4-5-12(15)11(6-10)14(19)17-13-7-18(3)8-16-13/h4-9H,1-3H3,(H,17,19). The van der Waals surface area contributed by atoms with Crippen molar-refractivity contribution in [3.63, 3.8) is 0 Å². The molecule has 0 fully saturated rings. The number of nitrogens with zero attached hydrogens (tertiary/aromatic N) is 2. The molecule has 0 bridgehead atoms. The van der Waals surface area contributed by atoms with Gasteiger partial charge in [0.25, 0.3) is 5.91 Å². The van der Waals surface area contributed by atoms with Gasteiger partial charge in [0.2, 0.25) is 0 Å². The lowest BCUT2D eigenvalue weighted by atomic mass is 10.0. The van der Waals surface area contributed by atoms with E-state index in [1.165, 1.54) is 6.07 Å². The van der Waals surface area contributed by atoms with Gasteiger partial charge in [-0.2, -0.15) is 0 Å². The molecular weight excluding hydrogens is 245 g/mol. The van der Waals surface area contributed by atoms with Gasteiger partial charge in [-0.15, -0.1) is 0 Å². The Balaban J connectivity index is 2.25. The number of imidazole rings is 1. The van der Waals surface area contributed by atoms with Gasteiger partial charge < -0.3 is 9.88 Å². The number of hydrogen-bond acceptors (Lipinski definition) is 2. The third kappa shape index (κ3) is 2.99. The Morgan fingerprint density at radius 1 is 1.42 bits per heavy atom. The summed E-state index contributed by atoms with van der Waals surface area (Å²) in [5.41, 5.74) is 0.962. The van der Waals surface area contributed by atoms with Crippen LogP contribution in [0.25, 0.3) is 0 Å². The van der Waals surface area contributed by atoms with Crippen molar-refractivity contribution in [3.05, 3.63) is 47.7 Å². The van der Waals surface area contributed by atoms with E-state index in [2.05, 4.69) is 10.3 Å². The molecule has 1 heterocycles. The lowest BCUT2D eigenvalue weighted by molar-refractivity contribution is 0.102. The molecule has 1 aromatic carbocycles. The molecule has 0 spiro atoms. The first-order valence-corrected chi connectivity index (χ1v) is 6.06. The van der Waals surface area contributed by atoms with Gasteiger partial charge in [0.1, 0.15) is 5.82 Å². The van der Waals surface area contributed by atoms with Gasteiger partial charge in [-0.05, 0) is 23.6 Å². The van der Waals surface area contributed by atoms with E-state index in [-0.39, 0.29) is 11.5 Å². The fourth-order valence-corrected chi connectivity index (χ4v) is 1.74. The second kappa shape index (κ2) is 5.22. The topological polar surface area (TPSA) is 46.9 Å². The summed E-state index contributed by atoms with van der Waals surface area (Å²) in [6.45, 7) is 3.99. The molecule has 1 amide bonds. The summed E-state index contributed by atoms with van der Waals surface area (Å²) in [4.78, 5) is 16.0. The zero-order valence-electron chi connectivity index (χ0n) is 11.1. The largest absolute Gasteiger partial charge is 0.338 e. The molecule has 100 valence electrons. The van der Waals surface area contributed by atoms with E-state index in [4.69, 9.17) is 0 Å². The zero-order chi connectivity index (χ0) is 14.0. The van der Waals surface area contributed by atoms with E-state index in [0.717, 1.165) is 5.56 Å². The first-order valence-electron chi connectivity index (χ1n) is 6.06. The summed E-state index contributed by atoms with van der Waals surface area (Å²) in [5.74, 6) is -0.375. The van der Waals surface area contributed by atoms with Crippen LogP contribution in [-0.4, -0.2) is 15.5 Å². The van der Waals surface area contributed by atoms with Gasteiger partial charge >= 0.3 is 0 Å². The van der Waals surface area contributed by atoms with Crippen LogP contribution in [0.3, 0.4) is 0 Å². The summed E-state index contributed by atoms with van der Waals surface area (Å²) in [6, 6.07) is 4.60. The van der Waals surface area contributed by atoms with Gasteiger partial charge in [-0.25, -0.2) is 9.37 Å². The number of aryl methyl sites for hydroxylation is 1. The fraction of sp³-hybridized carbons (Fsp3) is 0.286. The van der Waals surface area contributed by atoms with Crippen molar-refractivity contribution in [2.45, 2.75) is 19.8 Å². The average Bonchev–Trinajstić information content (AvgIpc) is 2.74. The van der Waals surface area contributed by atoms with Crippen molar-refractivity contribution >= 4 is 11.7 Å². The summed E-state index contributed by atoms with van der Waals surface area (Å²) in [6.07, 6.45) is 3.22. The maximum absolute atomic E-state index is 13.7. The highest BCUT2D eigenvalue weighted by molar-refractivity contribution is 6.04. The highest BCUT2D eigenvalue weighted by Gasteiger charge is 2.14. The molecule has 0 saturated carbocycles. The molecule has 0 atom stereocenters. The van der Waals surface area contributed by atoms with Crippen LogP contribution in [0, 0.1) is 5.82 Å². The minimum atomic E-state index is -0.530. The van der Waals surface area contributed by atoms with Crippen LogP contribution >= 0.6 is 0 Å². The molecule has 4 nitrogen and oxygen atoms in total. The molecule has 2 rings (SSSR count). The number of halogens is 1. The number of aromatic nitrogens is 2. The second-order valence-corrected chi connectivity index (χ2v) is 4.77. The first-order chi connectivity index (χ1) is 8.97. The summed E-state index contributed by atoms with van der Waals surface area (Å²) >= 11 is 0. The van der Waals surface area contributed by atoms with E-state index in [1.807, 2.05) is 13.8 Å². The van der Waals surface area contributed by atoms with Crippen molar-refractivity contribution in [1.29, 1.82) is 0 Å². The highest BCUT2D eigenvalue weighted by atomic mass is 19.1. The molecular formula is C14H16FN3O. The number of amides is 1. The molecule has 19 heavy (non-hydrogen) atoms. The number of hydrogen-bond donors (Lipinski definition) is 1. The van der Waals surface area contributed by atoms with Crippen LogP contribution < -0.4 is 5.32 Å². The minimum Gasteiger partial charge on any atom is -0.338 e. The van der Waals surface area contributed by atoms with Crippen LogP contribution in [0.15, 0.2) is 30.7 Å². The molecule has 0 saturated heterocycles. The van der Waals surface area contributed by atoms with Crippen LogP contribution in [0.1, 0.15) is 35.7 Å². The van der Waals surface area contributed by atoms with E-state index in [0.29, 0.717) is 5.82 Å². The molecule has 5 heteroatoms. The Kier molecular flexibility index (Phi) is 3.64. The Bertz CT molecular complexity index is 604. The number of carbonyl (C=O) groups is 1. The third-order valence-corrected chi connectivity index (χ3v) is 2.85. The van der Waals surface area contributed by atoms with Gasteiger partial charge in [0, 0.05) is 13.2 Å². The van der Waals surface area contributed by atoms with E-state index in [9.17, 15) is 9.18 Å². The molecule has 0 aliphatic carbocycles. The van der Waals surface area contributed by atoms with Gasteiger partial charge in [-0.1, -0.05) is 19.9 Å². The van der Waals surface area contributed by atoms with E-state index < -0.39 is 11.7 Å². The monoisotopic (exact) mass is 261 g/mol. The Morgan fingerprint density at radius 2 is 2.16 bits per heavy atom. The zero-order valence-corrected chi connectivity index (χ0v) is 11.1. The lowest BCUT2D eigenvalue weighted by Gasteiger charge is -2.09. The van der Waals surface area contributed by atoms with Crippen molar-refractivity contribution < 1.29 is 9.18 Å². The number of carbonyl (C=O) groups excluding carboxylic acids is 1. The number of rotatable bonds is 3. The number of anilines is 1. The second-order valence-electron chi connectivity index (χ2n) is 4.77. The van der Waals surface area contributed by atoms with E-state index in [1.54, 1.807) is 36.3 Å². The first kappa shape index (κ1) is 13.3. The predicted molar refractivity (Wildman–Crippen MR) is 71.7 cm³/mol. The normalized spacial score (nSPS) is 10.8. The Labute approximate surface area is 111 Å². The maximum atomic E-state index is 13.7. The quantitative estimate of drug-likeness (QED) is 0.923. The maximum Gasteiger partial charge on any atom is 0.259 e. The van der Waals surface area contributed by atoms with E-state index >= 15 is 0 Å². The molecule has 0 aliphatic rings. The van der Waals surface area contributed by atoms with Crippen molar-refractivity contribution in [2.24, 2.45) is 7.05 Å². The van der Waals surface area contributed by atoms with Gasteiger partial charge in [-0.3, -0.25) is 4.79 Å². The molecule has 0 unspecified atom stereocenters. The van der Waals surface area contributed by atoms with Gasteiger partial charge in [0.05, 0.1) is 11.9 Å². The lowest BCUT2D eigenvalue weighted by Crippen LogP contribution is -2.14. The third-order valence-electron chi connectivity index (χ3n) is 2.85. The van der Waals surface area contributed by atoms with Crippen molar-refractivity contribution in [2.75, 3.05) is 5.32 Å². The Morgan fingerprint density at radius 3 is 2.74 bits per heavy atom. The van der Waals surface area contributed by atoms with Crippen molar-refractivity contribution in [1.82, 2.24) is 9.55 Å². The Hall–Kier alpha value is -2.17. The molecule has 0 radical (unpaired) electrons. The van der Waals surface area contributed by atoms with Crippen LogP contribution in [-0.2, 0) is 7.05 Å². The summed E-state index contributed by atoms with van der Waals surface area (Å²) in [7, 11) is 1.79. The summed E-state index contributed by atoms with van der Waals surface area (Å²) < 4.78 is 15.4. The summed E-state index contributed by atoms with van der Waals surface area (Å²) in [5, 5.41) is 2.58. The predicted octanol–water partition coefficient (Wildman–Crippen LogP) is 2.93. The average molecular weight is 261 g/mol. The highest BCUT2D eigenvalue weighted by Crippen LogP contribution is 2.19. The molecule has 1 N–H and O–H groups in total. The van der Waals surface area contributed by atoms with Crippen LogP contribution in [0.4, 0.5) is 10.2 Å². The number of nitrogens with one attached hydrogen (secondary N) is 1. The molecule has 1 aromatic heterocycles. The number of benzene rings is 1.